The van der Waals surface area contributed by atoms with Gasteiger partial charge in [0.25, 0.3) is 0 Å². The van der Waals surface area contributed by atoms with Crippen LogP contribution in [0.5, 0.6) is 0 Å². The monoisotopic (exact) mass is 306 g/mol. The molecule has 1 unspecified atom stereocenters. The molecule has 0 radical (unpaired) electrons. The SMILES string of the molecule is Cc1c(CNC2(C)CCS(=O)(=O)C2)n(C)c2ccccc12. The Kier molecular flexibility index (Phi) is 3.37. The predicted molar refractivity (Wildman–Crippen MR) is 86.2 cm³/mol. The maximum Gasteiger partial charge on any atom is 0.152 e. The summed E-state index contributed by atoms with van der Waals surface area (Å²) in [5.74, 6) is 0.535. The Morgan fingerprint density at radius 2 is 2.05 bits per heavy atom. The summed E-state index contributed by atoms with van der Waals surface area (Å²) >= 11 is 0. The van der Waals surface area contributed by atoms with Crippen LogP contribution >= 0.6 is 0 Å². The van der Waals surface area contributed by atoms with Crippen molar-refractivity contribution in [2.75, 3.05) is 11.5 Å². The van der Waals surface area contributed by atoms with Gasteiger partial charge in [-0.15, -0.1) is 0 Å². The number of aromatic nitrogens is 1. The second-order valence-corrected chi connectivity index (χ2v) is 8.59. The van der Waals surface area contributed by atoms with Gasteiger partial charge in [0.1, 0.15) is 0 Å². The van der Waals surface area contributed by atoms with E-state index in [0.717, 1.165) is 0 Å². The van der Waals surface area contributed by atoms with Gasteiger partial charge in [0.2, 0.25) is 0 Å². The van der Waals surface area contributed by atoms with Crippen LogP contribution in [0.15, 0.2) is 24.3 Å². The van der Waals surface area contributed by atoms with Gasteiger partial charge in [-0.25, -0.2) is 8.42 Å². The third-order valence-electron chi connectivity index (χ3n) is 4.69. The summed E-state index contributed by atoms with van der Waals surface area (Å²) in [6.45, 7) is 4.84. The average molecular weight is 306 g/mol. The summed E-state index contributed by atoms with van der Waals surface area (Å²) in [6, 6.07) is 8.35. The number of nitrogens with one attached hydrogen (secondary N) is 1. The molecule has 5 heteroatoms. The molecule has 0 bridgehead atoms. The molecule has 1 aliphatic rings. The lowest BCUT2D eigenvalue weighted by molar-refractivity contribution is 0.390. The quantitative estimate of drug-likeness (QED) is 0.945. The van der Waals surface area contributed by atoms with Crippen LogP contribution in [0.4, 0.5) is 0 Å². The van der Waals surface area contributed by atoms with Gasteiger partial charge in [-0.05, 0) is 31.9 Å². The van der Waals surface area contributed by atoms with Gasteiger partial charge >= 0.3 is 0 Å². The molecule has 2 aromatic rings. The Balaban J connectivity index is 1.86. The topological polar surface area (TPSA) is 51.1 Å². The molecule has 21 heavy (non-hydrogen) atoms. The Hall–Kier alpha value is -1.33. The van der Waals surface area contributed by atoms with Gasteiger partial charge in [-0.3, -0.25) is 0 Å². The Morgan fingerprint density at radius 3 is 2.67 bits per heavy atom. The summed E-state index contributed by atoms with van der Waals surface area (Å²) in [4.78, 5) is 0. The number of para-hydroxylation sites is 1. The molecule has 0 amide bonds. The van der Waals surface area contributed by atoms with Crippen LogP contribution in [-0.4, -0.2) is 30.0 Å². The van der Waals surface area contributed by atoms with Crippen molar-refractivity contribution in [1.82, 2.24) is 9.88 Å². The summed E-state index contributed by atoms with van der Waals surface area (Å²) in [7, 11) is -0.803. The van der Waals surface area contributed by atoms with Crippen molar-refractivity contribution >= 4 is 20.7 Å². The van der Waals surface area contributed by atoms with Crippen molar-refractivity contribution in [2.45, 2.75) is 32.4 Å². The summed E-state index contributed by atoms with van der Waals surface area (Å²) in [5.41, 5.74) is 3.41. The lowest BCUT2D eigenvalue weighted by Gasteiger charge is -2.24. The molecule has 0 aliphatic carbocycles. The van der Waals surface area contributed by atoms with Gasteiger partial charge in [0.15, 0.2) is 9.84 Å². The molecule has 0 spiro atoms. The highest BCUT2D eigenvalue weighted by Crippen LogP contribution is 2.27. The molecule has 114 valence electrons. The van der Waals surface area contributed by atoms with E-state index in [1.54, 1.807) is 0 Å². The zero-order valence-electron chi connectivity index (χ0n) is 12.8. The molecular weight excluding hydrogens is 284 g/mol. The zero-order valence-corrected chi connectivity index (χ0v) is 13.6. The highest BCUT2D eigenvalue weighted by molar-refractivity contribution is 7.91. The molecule has 1 saturated heterocycles. The van der Waals surface area contributed by atoms with Gasteiger partial charge < -0.3 is 9.88 Å². The Labute approximate surface area is 126 Å². The maximum atomic E-state index is 11.7. The predicted octanol–water partition coefficient (Wildman–Crippen LogP) is 2.15. The largest absolute Gasteiger partial charge is 0.346 e. The van der Waals surface area contributed by atoms with E-state index in [1.807, 2.05) is 13.0 Å². The third-order valence-corrected chi connectivity index (χ3v) is 6.60. The van der Waals surface area contributed by atoms with Crippen LogP contribution in [0.3, 0.4) is 0 Å². The van der Waals surface area contributed by atoms with Crippen molar-refractivity contribution in [3.8, 4) is 0 Å². The molecule has 1 aromatic carbocycles. The van der Waals surface area contributed by atoms with E-state index in [-0.39, 0.29) is 11.3 Å². The standard InChI is InChI=1S/C16H22N2O2S/c1-12-13-6-4-5-7-14(13)18(3)15(12)10-17-16(2)8-9-21(19,20)11-16/h4-7,17H,8-11H2,1-3H3. The number of hydrogen-bond acceptors (Lipinski definition) is 3. The second-order valence-electron chi connectivity index (χ2n) is 6.40. The number of fused-ring (bicyclic) bond motifs is 1. The van der Waals surface area contributed by atoms with Crippen molar-refractivity contribution in [2.24, 2.45) is 7.05 Å². The molecule has 1 atom stereocenters. The fraction of sp³-hybridized carbons (Fsp3) is 0.500. The highest BCUT2D eigenvalue weighted by Gasteiger charge is 2.38. The Bertz CT molecular complexity index is 753. The van der Waals surface area contributed by atoms with Crippen molar-refractivity contribution < 1.29 is 8.42 Å². The highest BCUT2D eigenvalue weighted by atomic mass is 32.2. The summed E-state index contributed by atoms with van der Waals surface area (Å²) in [6.07, 6.45) is 0.693. The first-order valence-corrected chi connectivity index (χ1v) is 9.12. The molecule has 1 aliphatic heterocycles. The lowest BCUT2D eigenvalue weighted by Crippen LogP contribution is -2.43. The number of aryl methyl sites for hydroxylation is 2. The molecule has 1 N–H and O–H groups in total. The first kappa shape index (κ1) is 14.6. The first-order chi connectivity index (χ1) is 9.81. The van der Waals surface area contributed by atoms with Gasteiger partial charge in [-0.2, -0.15) is 0 Å². The number of rotatable bonds is 3. The van der Waals surface area contributed by atoms with Crippen LogP contribution in [-0.2, 0) is 23.4 Å². The van der Waals surface area contributed by atoms with Crippen LogP contribution in [0.1, 0.15) is 24.6 Å². The second kappa shape index (κ2) is 4.85. The number of hydrogen-bond donors (Lipinski definition) is 1. The van der Waals surface area contributed by atoms with Crippen LogP contribution in [0.25, 0.3) is 10.9 Å². The van der Waals surface area contributed by atoms with E-state index < -0.39 is 9.84 Å². The van der Waals surface area contributed by atoms with Crippen molar-refractivity contribution in [3.05, 3.63) is 35.5 Å². The lowest BCUT2D eigenvalue weighted by atomic mass is 10.0. The van der Waals surface area contributed by atoms with Crippen molar-refractivity contribution in [1.29, 1.82) is 0 Å². The van der Waals surface area contributed by atoms with Gasteiger partial charge in [0.05, 0.1) is 11.5 Å². The smallest absolute Gasteiger partial charge is 0.152 e. The van der Waals surface area contributed by atoms with E-state index in [9.17, 15) is 8.42 Å². The minimum absolute atomic E-state index is 0.239. The number of nitrogens with zero attached hydrogens (tertiary/aromatic N) is 1. The summed E-state index contributed by atoms with van der Waals surface area (Å²) in [5, 5.41) is 4.74. The first-order valence-electron chi connectivity index (χ1n) is 7.30. The van der Waals surface area contributed by atoms with E-state index in [0.29, 0.717) is 18.7 Å². The summed E-state index contributed by atoms with van der Waals surface area (Å²) < 4.78 is 25.6. The molecule has 1 fully saturated rings. The zero-order chi connectivity index (χ0) is 15.3. The molecule has 3 rings (SSSR count). The van der Waals surface area contributed by atoms with Gasteiger partial charge in [0, 0.05) is 35.7 Å². The molecule has 4 nitrogen and oxygen atoms in total. The van der Waals surface area contributed by atoms with Crippen LogP contribution < -0.4 is 5.32 Å². The van der Waals surface area contributed by atoms with Crippen LogP contribution in [0, 0.1) is 6.92 Å². The number of benzene rings is 1. The fourth-order valence-corrected chi connectivity index (χ4v) is 5.46. The van der Waals surface area contributed by atoms with Crippen LogP contribution in [0.2, 0.25) is 0 Å². The van der Waals surface area contributed by atoms with Crippen molar-refractivity contribution in [3.63, 3.8) is 0 Å². The van der Waals surface area contributed by atoms with E-state index >= 15 is 0 Å². The Morgan fingerprint density at radius 1 is 1.33 bits per heavy atom. The maximum absolute atomic E-state index is 11.7. The third kappa shape index (κ3) is 2.60. The molecule has 0 saturated carbocycles. The van der Waals surface area contributed by atoms with E-state index in [4.69, 9.17) is 0 Å². The van der Waals surface area contributed by atoms with Gasteiger partial charge in [-0.1, -0.05) is 18.2 Å². The normalized spacial score (nSPS) is 24.7. The average Bonchev–Trinajstić information content (AvgIpc) is 2.84. The van der Waals surface area contributed by atoms with E-state index in [2.05, 4.69) is 42.1 Å². The minimum Gasteiger partial charge on any atom is -0.346 e. The minimum atomic E-state index is -2.87. The molecule has 1 aromatic heterocycles. The number of sulfone groups is 1. The molecular formula is C16H22N2O2S. The van der Waals surface area contributed by atoms with E-state index in [1.165, 1.54) is 22.2 Å². The molecule has 2 heterocycles. The fourth-order valence-electron chi connectivity index (χ4n) is 3.33.